The summed E-state index contributed by atoms with van der Waals surface area (Å²) in [5, 5.41) is 5.40. The minimum absolute atomic E-state index is 0.624. The van der Waals surface area contributed by atoms with Gasteiger partial charge in [0.1, 0.15) is 0 Å². The van der Waals surface area contributed by atoms with E-state index in [1.54, 1.807) is 0 Å². The molecule has 0 aliphatic rings. The highest BCUT2D eigenvalue weighted by molar-refractivity contribution is 8.54. The average molecular weight is 242 g/mol. The highest BCUT2D eigenvalue weighted by Gasteiger charge is 2.16. The maximum atomic E-state index is 10.4. The molecule has 15 heavy (non-hydrogen) atoms. The van der Waals surface area contributed by atoms with Gasteiger partial charge in [0.2, 0.25) is 6.08 Å². The Labute approximate surface area is 92.1 Å². The number of rotatable bonds is 3. The lowest BCUT2D eigenvalue weighted by Crippen LogP contribution is -1.73. The molecule has 0 spiro atoms. The van der Waals surface area contributed by atoms with Gasteiger partial charge in [-0.25, -0.2) is 10.2 Å². The highest BCUT2D eigenvalue weighted by atomic mass is 32.7. The fraction of sp³-hybridized carbons (Fsp3) is 0. The Hall–Kier alpha value is -1.25. The summed E-state index contributed by atoms with van der Waals surface area (Å²) in [6.07, 6.45) is 0.750. The first kappa shape index (κ1) is 13.8. The molecule has 0 saturated carbocycles. The summed E-state index contributed by atoms with van der Waals surface area (Å²) in [7, 11) is -2.20. The van der Waals surface area contributed by atoms with E-state index in [1.807, 2.05) is 30.3 Å². The van der Waals surface area contributed by atoms with Gasteiger partial charge in [-0.2, -0.15) is 4.89 Å². The predicted octanol–water partition coefficient (Wildman–Crippen LogP) is 2.94. The summed E-state index contributed by atoms with van der Waals surface area (Å²) < 4.78 is 10.4. The van der Waals surface area contributed by atoms with Gasteiger partial charge in [-0.3, -0.25) is 0 Å². The fourth-order valence-corrected chi connectivity index (χ4v) is 2.08. The Morgan fingerprint density at radius 1 is 1.47 bits per heavy atom. The van der Waals surface area contributed by atoms with Crippen molar-refractivity contribution in [2.24, 2.45) is 0 Å². The molecular formula is C9H9NO3PS+. The fourth-order valence-electron chi connectivity index (χ4n) is 0.771. The minimum atomic E-state index is -2.20. The first-order valence-corrected chi connectivity index (χ1v) is 6.37. The van der Waals surface area contributed by atoms with Gasteiger partial charge < -0.3 is 0 Å². The van der Waals surface area contributed by atoms with E-state index in [4.69, 9.17) is 15.1 Å². The quantitative estimate of drug-likeness (QED) is 0.485. The molecule has 1 rings (SSSR count). The molecular weight excluding hydrogens is 233 g/mol. The standard InChI is InChI=1S/C8H7O2PS.CHNO/c1-7(12-11(9)10)8-5-3-2-4-6-8;2-1-3/h2-6H,1H2;2H/p+1. The van der Waals surface area contributed by atoms with E-state index in [-0.39, 0.29) is 0 Å². The molecule has 0 radical (unpaired) electrons. The first-order valence-electron chi connectivity index (χ1n) is 3.74. The van der Waals surface area contributed by atoms with Crippen molar-refractivity contribution >= 4 is 29.6 Å². The number of nitrogens with one attached hydrogen (secondary N) is 1. The topological polar surface area (TPSA) is 78.2 Å². The van der Waals surface area contributed by atoms with Crippen LogP contribution in [0.25, 0.3) is 4.91 Å². The van der Waals surface area contributed by atoms with E-state index >= 15 is 0 Å². The molecule has 2 N–H and O–H groups in total. The molecule has 1 aromatic carbocycles. The molecule has 1 aromatic rings. The smallest absolute Gasteiger partial charge is 0.222 e. The maximum Gasteiger partial charge on any atom is 0.588 e. The number of isocyanates is 1. The largest absolute Gasteiger partial charge is 0.588 e. The average Bonchev–Trinajstić information content (AvgIpc) is 2.19. The molecule has 0 amide bonds. The van der Waals surface area contributed by atoms with Gasteiger partial charge >= 0.3 is 7.23 Å². The van der Waals surface area contributed by atoms with Gasteiger partial charge in [0.05, 0.1) is 4.91 Å². The molecule has 1 atom stereocenters. The van der Waals surface area contributed by atoms with Crippen LogP contribution in [0.1, 0.15) is 5.56 Å². The van der Waals surface area contributed by atoms with Crippen LogP contribution in [0.3, 0.4) is 0 Å². The molecule has 0 aliphatic heterocycles. The summed E-state index contributed by atoms with van der Waals surface area (Å²) >= 11 is 0.878. The Bertz CT molecular complexity index is 374. The lowest BCUT2D eigenvalue weighted by atomic mass is 10.2. The van der Waals surface area contributed by atoms with Crippen molar-refractivity contribution in [1.29, 1.82) is 5.41 Å². The lowest BCUT2D eigenvalue weighted by Gasteiger charge is -1.94. The molecule has 0 heterocycles. The van der Waals surface area contributed by atoms with Gasteiger partial charge in [-0.1, -0.05) is 36.9 Å². The van der Waals surface area contributed by atoms with Crippen LogP contribution in [0, 0.1) is 5.41 Å². The van der Waals surface area contributed by atoms with Crippen LogP contribution in [0.5, 0.6) is 0 Å². The van der Waals surface area contributed by atoms with E-state index in [9.17, 15) is 4.57 Å². The van der Waals surface area contributed by atoms with E-state index in [0.29, 0.717) is 4.91 Å². The van der Waals surface area contributed by atoms with Crippen LogP contribution >= 0.6 is 18.6 Å². The molecule has 0 saturated heterocycles. The normalized spacial score (nSPS) is 9.27. The van der Waals surface area contributed by atoms with Crippen LogP contribution in [0.4, 0.5) is 0 Å². The van der Waals surface area contributed by atoms with E-state index in [2.05, 4.69) is 6.58 Å². The van der Waals surface area contributed by atoms with Crippen LogP contribution in [-0.2, 0) is 9.36 Å². The summed E-state index contributed by atoms with van der Waals surface area (Å²) in [6.45, 7) is 3.68. The van der Waals surface area contributed by atoms with E-state index < -0.39 is 7.23 Å². The Morgan fingerprint density at radius 2 is 1.93 bits per heavy atom. The minimum Gasteiger partial charge on any atom is -0.222 e. The molecule has 1 unspecified atom stereocenters. The monoisotopic (exact) mass is 242 g/mol. The molecule has 6 heteroatoms. The third-order valence-electron chi connectivity index (χ3n) is 1.28. The summed E-state index contributed by atoms with van der Waals surface area (Å²) in [6, 6.07) is 9.33. The van der Waals surface area contributed by atoms with Crippen molar-refractivity contribution in [3.05, 3.63) is 42.5 Å². The van der Waals surface area contributed by atoms with Crippen LogP contribution in [-0.4, -0.2) is 11.0 Å². The summed E-state index contributed by atoms with van der Waals surface area (Å²) in [5.74, 6) is 0. The van der Waals surface area contributed by atoms with Gasteiger partial charge in [-0.15, -0.1) is 0 Å². The number of hydrogen-bond acceptors (Lipinski definition) is 4. The summed E-state index contributed by atoms with van der Waals surface area (Å²) in [5.41, 5.74) is 0.889. The molecule has 0 fully saturated rings. The zero-order chi connectivity index (χ0) is 11.7. The van der Waals surface area contributed by atoms with Crippen LogP contribution in [0.15, 0.2) is 36.9 Å². The Balaban J connectivity index is 0.000000583. The van der Waals surface area contributed by atoms with Gasteiger partial charge in [-0.05, 0) is 10.1 Å². The van der Waals surface area contributed by atoms with Crippen molar-refractivity contribution in [1.82, 2.24) is 0 Å². The SMILES string of the molecule is C=C(S[P+](=O)O)c1ccccc1.N=C=O. The van der Waals surface area contributed by atoms with Crippen molar-refractivity contribution < 1.29 is 14.3 Å². The Morgan fingerprint density at radius 3 is 2.33 bits per heavy atom. The van der Waals surface area contributed by atoms with Crippen LogP contribution in [0.2, 0.25) is 0 Å². The van der Waals surface area contributed by atoms with E-state index in [0.717, 1.165) is 23.0 Å². The van der Waals surface area contributed by atoms with Crippen molar-refractivity contribution in [2.75, 3.05) is 0 Å². The van der Waals surface area contributed by atoms with Crippen molar-refractivity contribution in [2.45, 2.75) is 0 Å². The summed E-state index contributed by atoms with van der Waals surface area (Å²) in [4.78, 5) is 17.6. The zero-order valence-corrected chi connectivity index (χ0v) is 9.42. The lowest BCUT2D eigenvalue weighted by molar-refractivity contribution is 0.520. The second-order valence-corrected chi connectivity index (χ2v) is 4.86. The molecule has 4 nitrogen and oxygen atoms in total. The molecule has 0 bridgehead atoms. The van der Waals surface area contributed by atoms with Gasteiger partial charge in [0.15, 0.2) is 11.4 Å². The molecule has 0 aliphatic carbocycles. The van der Waals surface area contributed by atoms with Gasteiger partial charge in [0, 0.05) is 0 Å². The maximum absolute atomic E-state index is 10.4. The highest BCUT2D eigenvalue weighted by Crippen LogP contribution is 2.43. The zero-order valence-electron chi connectivity index (χ0n) is 7.71. The third kappa shape index (κ3) is 6.77. The second-order valence-electron chi connectivity index (χ2n) is 2.22. The number of hydrogen-bond donors (Lipinski definition) is 2. The Kier molecular flexibility index (Phi) is 7.42. The third-order valence-corrected chi connectivity index (χ3v) is 3.03. The van der Waals surface area contributed by atoms with Crippen molar-refractivity contribution in [3.63, 3.8) is 0 Å². The number of carbonyl (C=O) groups excluding carboxylic acids is 1. The van der Waals surface area contributed by atoms with Crippen LogP contribution < -0.4 is 0 Å². The predicted molar refractivity (Wildman–Crippen MR) is 61.3 cm³/mol. The number of benzene rings is 1. The van der Waals surface area contributed by atoms with Crippen molar-refractivity contribution in [3.8, 4) is 0 Å². The van der Waals surface area contributed by atoms with E-state index in [1.165, 1.54) is 0 Å². The molecule has 78 valence electrons. The second kappa shape index (κ2) is 8.09. The van der Waals surface area contributed by atoms with Gasteiger partial charge in [0.25, 0.3) is 0 Å². The molecule has 0 aromatic heterocycles. The first-order chi connectivity index (χ1) is 7.11.